The van der Waals surface area contributed by atoms with E-state index in [0.717, 1.165) is 23.3 Å². The zero-order valence-corrected chi connectivity index (χ0v) is 11.8. The van der Waals surface area contributed by atoms with E-state index in [-0.39, 0.29) is 17.1 Å². The summed E-state index contributed by atoms with van der Waals surface area (Å²) in [5, 5.41) is 29.0. The third-order valence-electron chi connectivity index (χ3n) is 3.49. The molecule has 4 nitrogen and oxygen atoms in total. The van der Waals surface area contributed by atoms with Crippen LogP contribution in [0.25, 0.3) is 0 Å². The van der Waals surface area contributed by atoms with Crippen LogP contribution in [0.4, 0.5) is 0 Å². The van der Waals surface area contributed by atoms with E-state index in [1.165, 1.54) is 0 Å². The molecule has 1 aromatic rings. The van der Waals surface area contributed by atoms with Gasteiger partial charge in [-0.3, -0.25) is 4.79 Å². The van der Waals surface area contributed by atoms with Gasteiger partial charge in [-0.2, -0.15) is 0 Å². The third kappa shape index (κ3) is 2.41. The van der Waals surface area contributed by atoms with Crippen LogP contribution in [0.5, 0.6) is 17.2 Å². The fourth-order valence-electron chi connectivity index (χ4n) is 2.88. The maximum atomic E-state index is 12.7. The predicted octanol–water partition coefficient (Wildman–Crippen LogP) is 3.29. The summed E-state index contributed by atoms with van der Waals surface area (Å²) < 4.78 is 0. The molecule has 1 aliphatic carbocycles. The summed E-state index contributed by atoms with van der Waals surface area (Å²) in [4.78, 5) is 12.7. The zero-order valence-electron chi connectivity index (χ0n) is 11.8. The minimum atomic E-state index is -0.811. The van der Waals surface area contributed by atoms with Crippen molar-refractivity contribution in [1.29, 1.82) is 0 Å². The number of rotatable bonds is 2. The Hall–Kier alpha value is -2.23. The van der Waals surface area contributed by atoms with Gasteiger partial charge in [-0.25, -0.2) is 0 Å². The molecule has 1 unspecified atom stereocenters. The highest BCUT2D eigenvalue weighted by molar-refractivity contribution is 6.06. The molecule has 0 bridgehead atoms. The standard InChI is InChI=1S/C16H18O4/c1-9-4-10(2)8-16(3,7-9)15(20)14-12(18)5-11(17)6-13(14)19/h4-7,17-19H,8H2,1-3H3. The van der Waals surface area contributed by atoms with Crippen LogP contribution in [-0.4, -0.2) is 21.1 Å². The molecule has 0 amide bonds. The number of hydrogen-bond acceptors (Lipinski definition) is 4. The number of benzene rings is 1. The lowest BCUT2D eigenvalue weighted by Gasteiger charge is -2.29. The molecule has 1 aromatic carbocycles. The van der Waals surface area contributed by atoms with Gasteiger partial charge >= 0.3 is 0 Å². The summed E-state index contributed by atoms with van der Waals surface area (Å²) in [6.07, 6.45) is 4.38. The summed E-state index contributed by atoms with van der Waals surface area (Å²) >= 11 is 0. The molecule has 0 saturated heterocycles. The molecule has 3 N–H and O–H groups in total. The first-order chi connectivity index (χ1) is 9.23. The second-order valence-corrected chi connectivity index (χ2v) is 5.66. The average Bonchev–Trinajstić information content (AvgIpc) is 2.25. The highest BCUT2D eigenvalue weighted by Gasteiger charge is 2.36. The first kappa shape index (κ1) is 14.2. The van der Waals surface area contributed by atoms with E-state index in [0.29, 0.717) is 6.42 Å². The number of phenolic OH excluding ortho intramolecular Hbond substituents is 3. The molecular weight excluding hydrogens is 256 g/mol. The van der Waals surface area contributed by atoms with Crippen LogP contribution in [0.2, 0.25) is 0 Å². The fourth-order valence-corrected chi connectivity index (χ4v) is 2.88. The van der Waals surface area contributed by atoms with Crippen LogP contribution in [0.15, 0.2) is 35.4 Å². The van der Waals surface area contributed by atoms with Gasteiger partial charge in [-0.1, -0.05) is 23.3 Å². The molecule has 0 saturated carbocycles. The SMILES string of the molecule is CC1=CC(C)(C(=O)c2c(O)cc(O)cc2O)CC(C)=C1. The molecule has 0 radical (unpaired) electrons. The van der Waals surface area contributed by atoms with Crippen molar-refractivity contribution in [1.82, 2.24) is 0 Å². The number of aromatic hydroxyl groups is 3. The van der Waals surface area contributed by atoms with Crippen molar-refractivity contribution in [2.24, 2.45) is 5.41 Å². The highest BCUT2D eigenvalue weighted by atomic mass is 16.3. The van der Waals surface area contributed by atoms with Crippen molar-refractivity contribution in [3.8, 4) is 17.2 Å². The van der Waals surface area contributed by atoms with Crippen molar-refractivity contribution in [3.05, 3.63) is 41.0 Å². The van der Waals surface area contributed by atoms with Crippen LogP contribution in [-0.2, 0) is 0 Å². The Labute approximate surface area is 117 Å². The second-order valence-electron chi connectivity index (χ2n) is 5.66. The van der Waals surface area contributed by atoms with E-state index >= 15 is 0 Å². The summed E-state index contributed by atoms with van der Waals surface area (Å²) in [5.74, 6) is -1.47. The average molecular weight is 274 g/mol. The largest absolute Gasteiger partial charge is 0.508 e. The highest BCUT2D eigenvalue weighted by Crippen LogP contribution is 2.42. The van der Waals surface area contributed by atoms with Gasteiger partial charge in [-0.15, -0.1) is 0 Å². The molecule has 0 fully saturated rings. The van der Waals surface area contributed by atoms with Crippen LogP contribution in [0.1, 0.15) is 37.6 Å². The monoisotopic (exact) mass is 274 g/mol. The van der Waals surface area contributed by atoms with Crippen LogP contribution in [0, 0.1) is 5.41 Å². The number of Topliss-reactive ketones (excluding diaryl/α,β-unsaturated/α-hetero) is 1. The van der Waals surface area contributed by atoms with Crippen LogP contribution < -0.4 is 0 Å². The van der Waals surface area contributed by atoms with Crippen molar-refractivity contribution >= 4 is 5.78 Å². The van der Waals surface area contributed by atoms with Gasteiger partial charge in [0.1, 0.15) is 22.8 Å². The van der Waals surface area contributed by atoms with Gasteiger partial charge in [0.15, 0.2) is 5.78 Å². The summed E-state index contributed by atoms with van der Waals surface area (Å²) in [6.45, 7) is 5.63. The van der Waals surface area contributed by atoms with Crippen molar-refractivity contribution in [2.75, 3.05) is 0 Å². The van der Waals surface area contributed by atoms with Gasteiger partial charge in [0.2, 0.25) is 0 Å². The minimum Gasteiger partial charge on any atom is -0.508 e. The molecule has 0 heterocycles. The zero-order chi connectivity index (χ0) is 15.1. The van der Waals surface area contributed by atoms with Crippen LogP contribution >= 0.6 is 0 Å². The normalized spacial score (nSPS) is 22.1. The number of carbonyl (C=O) groups excluding carboxylic acids is 1. The summed E-state index contributed by atoms with van der Waals surface area (Å²) in [5.41, 5.74) is 1.08. The van der Waals surface area contributed by atoms with Gasteiger partial charge < -0.3 is 15.3 Å². The lowest BCUT2D eigenvalue weighted by Crippen LogP contribution is -2.28. The quantitative estimate of drug-likeness (QED) is 0.723. The lowest BCUT2D eigenvalue weighted by molar-refractivity contribution is 0.0860. The van der Waals surface area contributed by atoms with Gasteiger partial charge in [0.05, 0.1) is 5.41 Å². The number of allylic oxidation sites excluding steroid dienone is 4. The van der Waals surface area contributed by atoms with Gasteiger partial charge in [0.25, 0.3) is 0 Å². The summed E-state index contributed by atoms with van der Waals surface area (Å²) in [7, 11) is 0. The number of phenols is 3. The van der Waals surface area contributed by atoms with Gasteiger partial charge in [0, 0.05) is 12.1 Å². The smallest absolute Gasteiger partial charge is 0.180 e. The molecule has 1 atom stereocenters. The molecule has 0 aromatic heterocycles. The molecule has 20 heavy (non-hydrogen) atoms. The third-order valence-corrected chi connectivity index (χ3v) is 3.49. The molecule has 4 heteroatoms. The first-order valence-corrected chi connectivity index (χ1v) is 6.39. The molecule has 0 spiro atoms. The maximum absolute atomic E-state index is 12.7. The number of carbonyl (C=O) groups is 1. The summed E-state index contributed by atoms with van der Waals surface area (Å²) in [6, 6.07) is 2.11. The second kappa shape index (κ2) is 4.71. The van der Waals surface area contributed by atoms with E-state index in [2.05, 4.69) is 0 Å². The Morgan fingerprint density at radius 2 is 1.70 bits per heavy atom. The van der Waals surface area contributed by atoms with Gasteiger partial charge in [-0.05, 0) is 27.2 Å². The van der Waals surface area contributed by atoms with E-state index in [4.69, 9.17) is 0 Å². The van der Waals surface area contributed by atoms with Crippen molar-refractivity contribution in [3.63, 3.8) is 0 Å². The molecule has 106 valence electrons. The number of ketones is 1. The molecule has 2 rings (SSSR count). The topological polar surface area (TPSA) is 77.8 Å². The first-order valence-electron chi connectivity index (χ1n) is 6.39. The molecular formula is C16H18O4. The van der Waals surface area contributed by atoms with Crippen molar-refractivity contribution in [2.45, 2.75) is 27.2 Å². The predicted molar refractivity (Wildman–Crippen MR) is 76.0 cm³/mol. The van der Waals surface area contributed by atoms with E-state index < -0.39 is 16.9 Å². The lowest BCUT2D eigenvalue weighted by atomic mass is 9.73. The minimum absolute atomic E-state index is 0.149. The van der Waals surface area contributed by atoms with E-state index in [1.807, 2.05) is 26.0 Å². The Kier molecular flexibility index (Phi) is 3.34. The molecule has 1 aliphatic rings. The van der Waals surface area contributed by atoms with Crippen LogP contribution in [0.3, 0.4) is 0 Å². The van der Waals surface area contributed by atoms with E-state index in [1.54, 1.807) is 6.92 Å². The fraction of sp³-hybridized carbons (Fsp3) is 0.312. The Balaban J connectivity index is 2.50. The Morgan fingerprint density at radius 3 is 2.20 bits per heavy atom. The van der Waals surface area contributed by atoms with Crippen molar-refractivity contribution < 1.29 is 20.1 Å². The maximum Gasteiger partial charge on any atom is 0.180 e. The Bertz CT molecular complexity index is 617. The number of hydrogen-bond donors (Lipinski definition) is 3. The Morgan fingerprint density at radius 1 is 1.15 bits per heavy atom. The molecule has 0 aliphatic heterocycles. The van der Waals surface area contributed by atoms with E-state index in [9.17, 15) is 20.1 Å².